The molecule has 0 aliphatic heterocycles. The molecule has 0 spiro atoms. The number of hydrogen-bond acceptors (Lipinski definition) is 7. The average Bonchev–Trinajstić information content (AvgIpc) is 3.42. The van der Waals surface area contributed by atoms with Crippen LogP contribution >= 0.6 is 0 Å². The van der Waals surface area contributed by atoms with Crippen molar-refractivity contribution in [3.8, 4) is 16.9 Å². The molecule has 11 heteroatoms. The van der Waals surface area contributed by atoms with Crippen molar-refractivity contribution in [1.29, 1.82) is 0 Å². The first-order valence-electron chi connectivity index (χ1n) is 12.0. The van der Waals surface area contributed by atoms with Crippen LogP contribution in [0.3, 0.4) is 0 Å². The smallest absolute Gasteiger partial charge is 0.336 e. The Morgan fingerprint density at radius 2 is 1.48 bits per heavy atom. The highest BCUT2D eigenvalue weighted by atomic mass is 32.2. The Labute approximate surface area is 227 Å². The fraction of sp³-hybridized carbons (Fsp3) is 0. The summed E-state index contributed by atoms with van der Waals surface area (Å²) < 4.78 is 27.3. The lowest BCUT2D eigenvalue weighted by atomic mass is 10.0. The molecule has 0 bridgehead atoms. The first-order valence-corrected chi connectivity index (χ1v) is 13.5. The number of sulfonamides is 1. The Hall–Kier alpha value is -5.42. The summed E-state index contributed by atoms with van der Waals surface area (Å²) in [5, 5.41) is 19.5. The monoisotopic (exact) mass is 549 g/mol. The molecular formula is C29H19N5O5S. The molecule has 2 heterocycles. The second-order valence-corrected chi connectivity index (χ2v) is 10.5. The zero-order valence-electron chi connectivity index (χ0n) is 20.6. The lowest BCUT2D eigenvalue weighted by Gasteiger charge is -2.10. The van der Waals surface area contributed by atoms with Crippen LogP contribution in [-0.2, 0) is 10.0 Å². The molecular weight excluding hydrogens is 530 g/mol. The molecule has 0 aliphatic carbocycles. The number of para-hydroxylation sites is 1. The maximum Gasteiger partial charge on any atom is 0.336 e. The highest BCUT2D eigenvalue weighted by Crippen LogP contribution is 2.30. The van der Waals surface area contributed by atoms with Crippen LogP contribution < -0.4 is 4.72 Å². The molecule has 0 saturated heterocycles. The largest absolute Gasteiger partial charge is 0.478 e. The summed E-state index contributed by atoms with van der Waals surface area (Å²) in [6.45, 7) is 0. The number of nitrogens with one attached hydrogen (secondary N) is 1. The van der Waals surface area contributed by atoms with E-state index in [0.29, 0.717) is 33.2 Å². The van der Waals surface area contributed by atoms with Gasteiger partial charge < -0.3 is 5.11 Å². The van der Waals surface area contributed by atoms with Gasteiger partial charge in [0.1, 0.15) is 11.0 Å². The van der Waals surface area contributed by atoms with Crippen molar-refractivity contribution in [3.05, 3.63) is 114 Å². The molecule has 4 aromatic carbocycles. The Balaban J connectivity index is 1.41. The number of fused-ring (bicyclic) bond motifs is 3. The number of aromatic carboxylic acids is 1. The van der Waals surface area contributed by atoms with Crippen molar-refractivity contribution in [3.63, 3.8) is 0 Å². The summed E-state index contributed by atoms with van der Waals surface area (Å²) in [7, 11) is -4.08. The summed E-state index contributed by atoms with van der Waals surface area (Å²) in [4.78, 5) is 31.3. The van der Waals surface area contributed by atoms with E-state index in [4.69, 9.17) is 0 Å². The van der Waals surface area contributed by atoms with Crippen LogP contribution in [0.25, 0.3) is 38.9 Å². The summed E-state index contributed by atoms with van der Waals surface area (Å²) >= 11 is 0. The lowest BCUT2D eigenvalue weighted by Crippen LogP contribution is -2.30. The number of amides is 1. The molecule has 0 saturated carbocycles. The molecule has 2 aromatic heterocycles. The number of pyridine rings is 1. The number of nitrogens with zero attached hydrogens (tertiary/aromatic N) is 4. The van der Waals surface area contributed by atoms with Crippen molar-refractivity contribution < 1.29 is 23.1 Å². The van der Waals surface area contributed by atoms with Gasteiger partial charge >= 0.3 is 5.97 Å². The SMILES string of the molecule is O=C(NS(=O)(=O)c1ccccc1)c1cccc(-c2cc(C(=O)O)c3c(ccc4nn(-c5ccccc5)nc43)n2)c1. The third-order valence-electron chi connectivity index (χ3n) is 6.24. The number of hydrogen-bond donors (Lipinski definition) is 2. The van der Waals surface area contributed by atoms with Crippen molar-refractivity contribution in [2.45, 2.75) is 4.90 Å². The minimum atomic E-state index is -4.08. The molecule has 2 N–H and O–H groups in total. The maximum atomic E-state index is 12.8. The topological polar surface area (TPSA) is 144 Å². The normalized spacial score (nSPS) is 11.5. The predicted octanol–water partition coefficient (Wildman–Crippen LogP) is 4.45. The van der Waals surface area contributed by atoms with Gasteiger partial charge in [0.05, 0.1) is 27.4 Å². The Bertz CT molecular complexity index is 2040. The third kappa shape index (κ3) is 4.54. The molecule has 0 radical (unpaired) electrons. The van der Waals surface area contributed by atoms with Crippen molar-refractivity contribution in [2.24, 2.45) is 0 Å². The van der Waals surface area contributed by atoms with Crippen LogP contribution in [0.2, 0.25) is 0 Å². The van der Waals surface area contributed by atoms with E-state index in [1.54, 1.807) is 42.5 Å². The average molecular weight is 550 g/mol. The number of carbonyl (C=O) groups is 2. The highest BCUT2D eigenvalue weighted by Gasteiger charge is 2.21. The van der Waals surface area contributed by atoms with E-state index < -0.39 is 21.9 Å². The van der Waals surface area contributed by atoms with Gasteiger partial charge in [-0.25, -0.2) is 22.9 Å². The van der Waals surface area contributed by atoms with Gasteiger partial charge in [-0.05, 0) is 54.6 Å². The van der Waals surface area contributed by atoms with E-state index in [1.807, 2.05) is 30.3 Å². The summed E-state index contributed by atoms with van der Waals surface area (Å²) in [5.74, 6) is -2.01. The van der Waals surface area contributed by atoms with E-state index in [1.165, 1.54) is 35.1 Å². The van der Waals surface area contributed by atoms with Crippen LogP contribution in [0.1, 0.15) is 20.7 Å². The zero-order valence-corrected chi connectivity index (χ0v) is 21.4. The van der Waals surface area contributed by atoms with E-state index in [0.717, 1.165) is 5.69 Å². The number of carbonyl (C=O) groups excluding carboxylic acids is 1. The fourth-order valence-electron chi connectivity index (χ4n) is 4.35. The molecule has 0 atom stereocenters. The number of aromatic nitrogens is 4. The third-order valence-corrected chi connectivity index (χ3v) is 7.59. The quantitative estimate of drug-likeness (QED) is 0.310. The molecule has 0 fully saturated rings. The van der Waals surface area contributed by atoms with Crippen LogP contribution in [0, 0.1) is 0 Å². The molecule has 10 nitrogen and oxygen atoms in total. The van der Waals surface area contributed by atoms with Gasteiger partial charge in [-0.1, -0.05) is 48.5 Å². The Kier molecular flexibility index (Phi) is 6.04. The van der Waals surface area contributed by atoms with Gasteiger partial charge in [-0.3, -0.25) is 4.79 Å². The van der Waals surface area contributed by atoms with E-state index in [-0.39, 0.29) is 16.0 Å². The second-order valence-electron chi connectivity index (χ2n) is 8.84. The van der Waals surface area contributed by atoms with Gasteiger partial charge in [0.2, 0.25) is 0 Å². The minimum absolute atomic E-state index is 0.0350. The van der Waals surface area contributed by atoms with Crippen LogP contribution in [0.5, 0.6) is 0 Å². The van der Waals surface area contributed by atoms with Crippen molar-refractivity contribution >= 4 is 43.8 Å². The molecule has 0 unspecified atom stereocenters. The first-order chi connectivity index (χ1) is 19.3. The van der Waals surface area contributed by atoms with E-state index in [9.17, 15) is 23.1 Å². The maximum absolute atomic E-state index is 12.8. The number of rotatable bonds is 6. The fourth-order valence-corrected chi connectivity index (χ4v) is 5.35. The second kappa shape index (κ2) is 9.71. The summed E-state index contributed by atoms with van der Waals surface area (Å²) in [6, 6.07) is 27.7. The van der Waals surface area contributed by atoms with Crippen molar-refractivity contribution in [2.75, 3.05) is 0 Å². The van der Waals surface area contributed by atoms with Crippen molar-refractivity contribution in [1.82, 2.24) is 24.7 Å². The number of carboxylic acid groups (broad SMARTS) is 1. The zero-order chi connectivity index (χ0) is 27.9. The van der Waals surface area contributed by atoms with Gasteiger partial charge in [0.15, 0.2) is 0 Å². The van der Waals surface area contributed by atoms with E-state index >= 15 is 0 Å². The summed E-state index contributed by atoms with van der Waals surface area (Å²) in [5.41, 5.74) is 2.75. The molecule has 6 aromatic rings. The standard InChI is InChI=1S/C29H19N5O5S/c35-28(33-40(38,39)21-12-5-2-6-13-21)19-9-7-8-18(16-19)25-17-22(29(36)37)26-23(30-25)14-15-24-27(26)32-34(31-24)20-10-3-1-4-11-20/h1-17H,(H,33,35)(H,36,37). The molecule has 196 valence electrons. The van der Waals surface area contributed by atoms with Crippen LogP contribution in [-0.4, -0.2) is 45.4 Å². The minimum Gasteiger partial charge on any atom is -0.478 e. The lowest BCUT2D eigenvalue weighted by molar-refractivity contribution is 0.0698. The van der Waals surface area contributed by atoms with Gasteiger partial charge in [0, 0.05) is 16.5 Å². The summed E-state index contributed by atoms with van der Waals surface area (Å²) in [6.07, 6.45) is 0. The van der Waals surface area contributed by atoms with Crippen LogP contribution in [0.15, 0.2) is 108 Å². The molecule has 0 aliphatic rings. The number of carboxylic acids is 1. The molecule has 1 amide bonds. The first kappa shape index (κ1) is 24.9. The number of benzene rings is 4. The molecule has 6 rings (SSSR count). The van der Waals surface area contributed by atoms with E-state index in [2.05, 4.69) is 19.9 Å². The molecule has 40 heavy (non-hydrogen) atoms. The van der Waals surface area contributed by atoms with Gasteiger partial charge in [-0.2, -0.15) is 4.80 Å². The predicted molar refractivity (Wildman–Crippen MR) is 148 cm³/mol. The Morgan fingerprint density at radius 1 is 0.775 bits per heavy atom. The van der Waals surface area contributed by atoms with Crippen LogP contribution in [0.4, 0.5) is 0 Å². The van der Waals surface area contributed by atoms with Gasteiger partial charge in [0.25, 0.3) is 15.9 Å². The van der Waals surface area contributed by atoms with Gasteiger partial charge in [-0.15, -0.1) is 10.2 Å². The highest BCUT2D eigenvalue weighted by molar-refractivity contribution is 7.90. The Morgan fingerprint density at radius 3 is 2.20 bits per heavy atom.